The number of Topliss-reactive ketones (excluding diaryl/α,β-unsaturated/α-hetero) is 1. The maximum Gasteiger partial charge on any atom is 0.161 e. The number of fused-ring (bicyclic) bond motifs is 1. The number of ketones is 1. The number of ether oxygens (including phenoxy) is 1. The zero-order valence-corrected chi connectivity index (χ0v) is 19.0. The minimum atomic E-state index is -0.324. The number of phenols is 1. The van der Waals surface area contributed by atoms with Crippen molar-refractivity contribution in [3.05, 3.63) is 59.2 Å². The van der Waals surface area contributed by atoms with Gasteiger partial charge in [0, 0.05) is 41.8 Å². The molecule has 1 saturated heterocycles. The molecular formula is C28H33NO3. The van der Waals surface area contributed by atoms with E-state index in [4.69, 9.17) is 4.74 Å². The van der Waals surface area contributed by atoms with Crippen molar-refractivity contribution in [1.82, 2.24) is 4.90 Å². The lowest BCUT2D eigenvalue weighted by Crippen LogP contribution is -2.69. The summed E-state index contributed by atoms with van der Waals surface area (Å²) in [6, 6.07) is 15.3. The third-order valence-electron chi connectivity index (χ3n) is 9.10. The van der Waals surface area contributed by atoms with E-state index in [-0.39, 0.29) is 16.6 Å². The average molecular weight is 432 g/mol. The fourth-order valence-electron chi connectivity index (χ4n) is 7.53. The largest absolute Gasteiger partial charge is 0.504 e. The molecule has 32 heavy (non-hydrogen) atoms. The molecular weight excluding hydrogens is 398 g/mol. The van der Waals surface area contributed by atoms with Crippen molar-refractivity contribution in [2.75, 3.05) is 20.2 Å². The molecule has 4 heteroatoms. The molecule has 6 rings (SSSR count). The first kappa shape index (κ1) is 20.3. The van der Waals surface area contributed by atoms with Gasteiger partial charge < -0.3 is 9.84 Å². The smallest absolute Gasteiger partial charge is 0.161 e. The highest BCUT2D eigenvalue weighted by atomic mass is 16.5. The lowest BCUT2D eigenvalue weighted by Gasteiger charge is -2.66. The Bertz CT molecular complexity index is 1050. The lowest BCUT2D eigenvalue weighted by atomic mass is 9.42. The van der Waals surface area contributed by atoms with E-state index in [1.54, 1.807) is 7.11 Å². The Morgan fingerprint density at radius 2 is 1.94 bits per heavy atom. The second-order valence-electron chi connectivity index (χ2n) is 10.7. The summed E-state index contributed by atoms with van der Waals surface area (Å²) in [5.74, 6) is 1.99. The molecule has 2 aromatic rings. The number of likely N-dealkylation sites (tertiary alicyclic amines) is 1. The first-order chi connectivity index (χ1) is 15.6. The highest BCUT2D eigenvalue weighted by Gasteiger charge is 2.65. The highest BCUT2D eigenvalue weighted by Crippen LogP contribution is 2.66. The average Bonchev–Trinajstić information content (AvgIpc) is 3.61. The van der Waals surface area contributed by atoms with Gasteiger partial charge in [0.05, 0.1) is 7.11 Å². The Kier molecular flexibility index (Phi) is 4.66. The molecule has 2 aromatic carbocycles. The van der Waals surface area contributed by atoms with Gasteiger partial charge in [-0.25, -0.2) is 0 Å². The van der Waals surface area contributed by atoms with Crippen molar-refractivity contribution in [1.29, 1.82) is 0 Å². The number of hydrogen-bond donors (Lipinski definition) is 1. The number of methoxy groups -OCH3 is 1. The van der Waals surface area contributed by atoms with Gasteiger partial charge in [-0.1, -0.05) is 36.4 Å². The molecule has 4 aliphatic rings. The summed E-state index contributed by atoms with van der Waals surface area (Å²) in [6.07, 6.45) is 7.65. The number of aromatic hydroxyl groups is 1. The number of rotatable bonds is 5. The second-order valence-corrected chi connectivity index (χ2v) is 10.7. The molecule has 2 saturated carbocycles. The van der Waals surface area contributed by atoms with Gasteiger partial charge in [0.25, 0.3) is 0 Å². The van der Waals surface area contributed by atoms with Gasteiger partial charge in [0.15, 0.2) is 11.5 Å². The van der Waals surface area contributed by atoms with Crippen molar-refractivity contribution in [3.8, 4) is 11.5 Å². The number of benzene rings is 2. The molecule has 1 aliphatic heterocycles. The number of carbonyl (C=O) groups excluding carboxylic acids is 1. The van der Waals surface area contributed by atoms with Gasteiger partial charge in [0.2, 0.25) is 0 Å². The highest BCUT2D eigenvalue weighted by molar-refractivity contribution is 5.83. The van der Waals surface area contributed by atoms with Crippen LogP contribution >= 0.6 is 0 Å². The van der Waals surface area contributed by atoms with E-state index < -0.39 is 0 Å². The quantitative estimate of drug-likeness (QED) is 0.748. The molecule has 4 nitrogen and oxygen atoms in total. The third kappa shape index (κ3) is 2.88. The Labute approximate surface area is 190 Å². The van der Waals surface area contributed by atoms with Crippen LogP contribution in [0.4, 0.5) is 0 Å². The number of piperidine rings is 1. The summed E-state index contributed by atoms with van der Waals surface area (Å²) < 4.78 is 5.54. The minimum absolute atomic E-state index is 0.0494. The fraction of sp³-hybridized carbons (Fsp3) is 0.536. The Morgan fingerprint density at radius 1 is 1.12 bits per heavy atom. The van der Waals surface area contributed by atoms with E-state index in [9.17, 15) is 9.90 Å². The molecule has 3 fully saturated rings. The topological polar surface area (TPSA) is 49.8 Å². The Morgan fingerprint density at radius 3 is 2.69 bits per heavy atom. The standard InChI is InChI=1S/C28H33NO3/c1-32-23-10-9-21-15-24-27(16-19-5-3-2-4-6-19)12-11-22(30)17-28(27,25(21)26(23)31)13-14-29(24)18-20-7-8-20/h2-6,9-10,20,24,31H,7-8,11-18H2,1H3/t24-,27-,28-/m1/s1. The zero-order chi connectivity index (χ0) is 21.9. The van der Waals surface area contributed by atoms with Crippen LogP contribution in [0, 0.1) is 11.3 Å². The van der Waals surface area contributed by atoms with Gasteiger partial charge in [-0.05, 0) is 68.2 Å². The molecule has 3 aliphatic carbocycles. The number of carbonyl (C=O) groups is 1. The van der Waals surface area contributed by atoms with Crippen molar-refractivity contribution < 1.29 is 14.6 Å². The number of phenolic OH excluding ortho intramolecular Hbond substituents is 1. The first-order valence-electron chi connectivity index (χ1n) is 12.3. The van der Waals surface area contributed by atoms with E-state index in [0.29, 0.717) is 30.4 Å². The predicted octanol–water partition coefficient (Wildman–Crippen LogP) is 4.66. The lowest BCUT2D eigenvalue weighted by molar-refractivity contribution is -0.139. The third-order valence-corrected chi connectivity index (χ3v) is 9.10. The van der Waals surface area contributed by atoms with Gasteiger partial charge in [0.1, 0.15) is 5.78 Å². The van der Waals surface area contributed by atoms with Crippen molar-refractivity contribution >= 4 is 5.78 Å². The Balaban J connectivity index is 1.57. The van der Waals surface area contributed by atoms with Gasteiger partial charge in [-0.3, -0.25) is 9.69 Å². The molecule has 2 bridgehead atoms. The van der Waals surface area contributed by atoms with E-state index in [0.717, 1.165) is 43.7 Å². The maximum absolute atomic E-state index is 13.0. The normalized spacial score (nSPS) is 31.7. The van der Waals surface area contributed by atoms with Crippen LogP contribution in [0.5, 0.6) is 11.5 Å². The number of nitrogens with zero attached hydrogens (tertiary/aromatic N) is 1. The van der Waals surface area contributed by atoms with Crippen molar-refractivity contribution in [3.63, 3.8) is 0 Å². The maximum atomic E-state index is 13.0. The molecule has 1 N–H and O–H groups in total. The molecule has 1 heterocycles. The summed E-state index contributed by atoms with van der Waals surface area (Å²) in [5, 5.41) is 11.4. The van der Waals surface area contributed by atoms with Gasteiger partial charge >= 0.3 is 0 Å². The van der Waals surface area contributed by atoms with Crippen LogP contribution in [0.1, 0.15) is 55.2 Å². The summed E-state index contributed by atoms with van der Waals surface area (Å²) in [7, 11) is 1.62. The molecule has 0 unspecified atom stereocenters. The van der Waals surface area contributed by atoms with Crippen molar-refractivity contribution in [2.24, 2.45) is 11.3 Å². The van der Waals surface area contributed by atoms with E-state index in [2.05, 4.69) is 41.3 Å². The van der Waals surface area contributed by atoms with Crippen LogP contribution in [0.3, 0.4) is 0 Å². The zero-order valence-electron chi connectivity index (χ0n) is 19.0. The molecule has 0 aromatic heterocycles. The summed E-state index contributed by atoms with van der Waals surface area (Å²) in [5.41, 5.74) is 3.20. The molecule has 3 atom stereocenters. The van der Waals surface area contributed by atoms with E-state index in [1.807, 2.05) is 6.07 Å². The van der Waals surface area contributed by atoms with Gasteiger partial charge in [-0.2, -0.15) is 0 Å². The first-order valence-corrected chi connectivity index (χ1v) is 12.3. The fourth-order valence-corrected chi connectivity index (χ4v) is 7.53. The molecule has 168 valence electrons. The van der Waals surface area contributed by atoms with E-state index >= 15 is 0 Å². The molecule has 0 amide bonds. The van der Waals surface area contributed by atoms with Crippen LogP contribution < -0.4 is 4.74 Å². The molecule has 0 radical (unpaired) electrons. The van der Waals surface area contributed by atoms with Crippen LogP contribution in [-0.2, 0) is 23.1 Å². The summed E-state index contributed by atoms with van der Waals surface area (Å²) in [6.45, 7) is 2.20. The van der Waals surface area contributed by atoms with Crippen molar-refractivity contribution in [2.45, 2.75) is 62.8 Å². The summed E-state index contributed by atoms with van der Waals surface area (Å²) >= 11 is 0. The summed E-state index contributed by atoms with van der Waals surface area (Å²) in [4.78, 5) is 15.8. The second kappa shape index (κ2) is 7.34. The van der Waals surface area contributed by atoms with Crippen LogP contribution in [0.15, 0.2) is 42.5 Å². The Hall–Kier alpha value is -2.33. The SMILES string of the molecule is COc1ccc2c(c1O)[C@]13CCN(CC4CC4)[C@H](C2)[C@]1(Cc1ccccc1)CCC(=O)C3. The van der Waals surface area contributed by atoms with E-state index in [1.165, 1.54) is 30.5 Å². The monoisotopic (exact) mass is 431 g/mol. The number of hydrogen-bond acceptors (Lipinski definition) is 4. The van der Waals surface area contributed by atoms with Gasteiger partial charge in [-0.15, -0.1) is 0 Å². The van der Waals surface area contributed by atoms with Crippen LogP contribution in [0.2, 0.25) is 0 Å². The molecule has 0 spiro atoms. The van der Waals surface area contributed by atoms with Crippen LogP contribution in [-0.4, -0.2) is 42.0 Å². The van der Waals surface area contributed by atoms with Crippen LogP contribution in [0.25, 0.3) is 0 Å². The minimum Gasteiger partial charge on any atom is -0.504 e. The predicted molar refractivity (Wildman–Crippen MR) is 124 cm³/mol.